The molecule has 0 aromatic heterocycles. The molecule has 0 aliphatic heterocycles. The van der Waals surface area contributed by atoms with Crippen LogP contribution >= 0.6 is 11.6 Å². The lowest BCUT2D eigenvalue weighted by Gasteiger charge is -2.23. The zero-order chi connectivity index (χ0) is 12.9. The van der Waals surface area contributed by atoms with Crippen LogP contribution in [-0.4, -0.2) is 12.6 Å². The number of rotatable bonds is 5. The molecule has 0 bridgehead atoms. The zero-order valence-corrected chi connectivity index (χ0v) is 11.4. The lowest BCUT2D eigenvalue weighted by molar-refractivity contribution is 0.0326. The van der Waals surface area contributed by atoms with Crippen molar-refractivity contribution in [3.8, 4) is 0 Å². The first-order chi connectivity index (χ1) is 7.94. The molecular weight excluding hydrogens is 236 g/mol. The Hall–Kier alpha value is -1.02. The highest BCUT2D eigenvalue weighted by Crippen LogP contribution is 2.23. The van der Waals surface area contributed by atoms with Gasteiger partial charge in [-0.3, -0.25) is 0 Å². The number of hydrogen-bond donors (Lipinski definition) is 0. The second kappa shape index (κ2) is 6.06. The number of carbonyl (C=O) groups excluding carboxylic acids is 1. The Balaban J connectivity index is 2.53. The highest BCUT2D eigenvalue weighted by atomic mass is 35.5. The Morgan fingerprint density at radius 2 is 1.88 bits per heavy atom. The van der Waals surface area contributed by atoms with Crippen LogP contribution in [0.4, 0.5) is 0 Å². The van der Waals surface area contributed by atoms with Crippen LogP contribution in [0.5, 0.6) is 0 Å². The second-order valence-corrected chi connectivity index (χ2v) is 5.43. The first-order valence-electron chi connectivity index (χ1n) is 5.87. The van der Waals surface area contributed by atoms with Gasteiger partial charge in [-0.05, 0) is 36.1 Å². The summed E-state index contributed by atoms with van der Waals surface area (Å²) in [6.07, 6.45) is 2.13. The number of esters is 1. The van der Waals surface area contributed by atoms with Crippen LogP contribution in [0.1, 0.15) is 44.0 Å². The molecule has 0 fully saturated rings. The molecule has 0 atom stereocenters. The molecule has 1 rings (SSSR count). The van der Waals surface area contributed by atoms with Crippen molar-refractivity contribution < 1.29 is 9.53 Å². The van der Waals surface area contributed by atoms with E-state index in [-0.39, 0.29) is 11.4 Å². The molecule has 94 valence electrons. The van der Waals surface area contributed by atoms with Gasteiger partial charge >= 0.3 is 5.97 Å². The lowest BCUT2D eigenvalue weighted by atomic mass is 9.89. The zero-order valence-electron chi connectivity index (χ0n) is 10.6. The average molecular weight is 255 g/mol. The van der Waals surface area contributed by atoms with Gasteiger partial charge in [0.1, 0.15) is 0 Å². The monoisotopic (exact) mass is 254 g/mol. The van der Waals surface area contributed by atoms with Gasteiger partial charge < -0.3 is 4.74 Å². The van der Waals surface area contributed by atoms with E-state index in [1.807, 2.05) is 0 Å². The van der Waals surface area contributed by atoms with E-state index in [9.17, 15) is 4.79 Å². The van der Waals surface area contributed by atoms with Crippen molar-refractivity contribution >= 4 is 17.6 Å². The summed E-state index contributed by atoms with van der Waals surface area (Å²) < 4.78 is 5.30. The largest absolute Gasteiger partial charge is 0.462 e. The Labute approximate surface area is 108 Å². The van der Waals surface area contributed by atoms with Crippen LogP contribution in [0.3, 0.4) is 0 Å². The van der Waals surface area contributed by atoms with Gasteiger partial charge in [-0.1, -0.05) is 38.8 Å². The number of hydrogen-bond acceptors (Lipinski definition) is 2. The van der Waals surface area contributed by atoms with Crippen LogP contribution < -0.4 is 0 Å². The maximum absolute atomic E-state index is 11.7. The highest BCUT2D eigenvalue weighted by Gasteiger charge is 2.19. The van der Waals surface area contributed by atoms with Crippen molar-refractivity contribution in [1.82, 2.24) is 0 Å². The fraction of sp³-hybridized carbons (Fsp3) is 0.500. The molecule has 2 nitrogen and oxygen atoms in total. The molecule has 0 spiro atoms. The topological polar surface area (TPSA) is 26.3 Å². The minimum Gasteiger partial charge on any atom is -0.462 e. The number of halogens is 1. The number of ether oxygens (including phenoxy) is 1. The van der Waals surface area contributed by atoms with Crippen LogP contribution in [0.15, 0.2) is 24.3 Å². The van der Waals surface area contributed by atoms with Gasteiger partial charge in [-0.15, -0.1) is 0 Å². The molecule has 0 amide bonds. The maximum Gasteiger partial charge on any atom is 0.338 e. The molecule has 0 N–H and O–H groups in total. The SMILES string of the molecule is CCCC(C)(C)COC(=O)c1ccc(Cl)cc1. The van der Waals surface area contributed by atoms with E-state index < -0.39 is 0 Å². The summed E-state index contributed by atoms with van der Waals surface area (Å²) in [7, 11) is 0. The summed E-state index contributed by atoms with van der Waals surface area (Å²) in [6.45, 7) is 6.78. The Morgan fingerprint density at radius 1 is 1.29 bits per heavy atom. The smallest absolute Gasteiger partial charge is 0.338 e. The van der Waals surface area contributed by atoms with Crippen molar-refractivity contribution in [3.63, 3.8) is 0 Å². The summed E-state index contributed by atoms with van der Waals surface area (Å²) in [5.41, 5.74) is 0.582. The van der Waals surface area contributed by atoms with Gasteiger partial charge in [0.2, 0.25) is 0 Å². The van der Waals surface area contributed by atoms with E-state index in [2.05, 4.69) is 20.8 Å². The van der Waals surface area contributed by atoms with E-state index in [1.165, 1.54) is 0 Å². The van der Waals surface area contributed by atoms with Gasteiger partial charge in [-0.2, -0.15) is 0 Å². The molecule has 1 aromatic carbocycles. The van der Waals surface area contributed by atoms with E-state index in [4.69, 9.17) is 16.3 Å². The van der Waals surface area contributed by atoms with Gasteiger partial charge in [0.15, 0.2) is 0 Å². The first kappa shape index (κ1) is 14.0. The van der Waals surface area contributed by atoms with E-state index in [0.717, 1.165) is 12.8 Å². The molecule has 0 saturated carbocycles. The molecule has 0 radical (unpaired) electrons. The molecule has 0 aliphatic carbocycles. The quantitative estimate of drug-likeness (QED) is 0.732. The second-order valence-electron chi connectivity index (χ2n) is 5.00. The standard InChI is InChI=1S/C14H19ClO2/c1-4-9-14(2,3)10-17-13(16)11-5-7-12(15)8-6-11/h5-8H,4,9-10H2,1-3H3. The Morgan fingerprint density at radius 3 is 2.41 bits per heavy atom. The third-order valence-corrected chi connectivity index (χ3v) is 2.85. The Kier molecular flexibility index (Phi) is 5.01. The molecule has 0 saturated heterocycles. The van der Waals surface area contributed by atoms with Crippen LogP contribution in [-0.2, 0) is 4.74 Å². The maximum atomic E-state index is 11.7. The fourth-order valence-corrected chi connectivity index (χ4v) is 1.81. The summed E-state index contributed by atoms with van der Waals surface area (Å²) >= 11 is 5.76. The first-order valence-corrected chi connectivity index (χ1v) is 6.25. The molecule has 0 heterocycles. The van der Waals surface area contributed by atoms with Crippen molar-refractivity contribution in [2.24, 2.45) is 5.41 Å². The number of benzene rings is 1. The van der Waals surface area contributed by atoms with Crippen LogP contribution in [0.25, 0.3) is 0 Å². The van der Waals surface area contributed by atoms with E-state index in [1.54, 1.807) is 24.3 Å². The average Bonchev–Trinajstić information content (AvgIpc) is 2.27. The lowest BCUT2D eigenvalue weighted by Crippen LogP contribution is -2.21. The minimum absolute atomic E-state index is 0.0385. The summed E-state index contributed by atoms with van der Waals surface area (Å²) in [6, 6.07) is 6.74. The van der Waals surface area contributed by atoms with Crippen molar-refractivity contribution in [1.29, 1.82) is 0 Å². The molecule has 0 aliphatic rings. The molecule has 0 unspecified atom stereocenters. The van der Waals surface area contributed by atoms with Gasteiger partial charge in [0.25, 0.3) is 0 Å². The van der Waals surface area contributed by atoms with Crippen LogP contribution in [0.2, 0.25) is 5.02 Å². The predicted octanol–water partition coefficient (Wildman–Crippen LogP) is 4.32. The molecular formula is C14H19ClO2. The fourth-order valence-electron chi connectivity index (χ4n) is 1.68. The summed E-state index contributed by atoms with van der Waals surface area (Å²) in [4.78, 5) is 11.7. The van der Waals surface area contributed by atoms with Gasteiger partial charge in [0.05, 0.1) is 12.2 Å². The van der Waals surface area contributed by atoms with E-state index >= 15 is 0 Å². The molecule has 1 aromatic rings. The van der Waals surface area contributed by atoms with Crippen LogP contribution in [0, 0.1) is 5.41 Å². The minimum atomic E-state index is -0.286. The summed E-state index contributed by atoms with van der Waals surface area (Å²) in [5, 5.41) is 0.618. The normalized spacial score (nSPS) is 11.3. The third kappa shape index (κ3) is 4.78. The van der Waals surface area contributed by atoms with Gasteiger partial charge in [-0.25, -0.2) is 4.79 Å². The van der Waals surface area contributed by atoms with Crippen molar-refractivity contribution in [3.05, 3.63) is 34.9 Å². The third-order valence-electron chi connectivity index (χ3n) is 2.60. The molecule has 17 heavy (non-hydrogen) atoms. The van der Waals surface area contributed by atoms with Crippen molar-refractivity contribution in [2.45, 2.75) is 33.6 Å². The molecule has 3 heteroatoms. The number of carbonyl (C=O) groups is 1. The Bertz CT molecular complexity index is 368. The highest BCUT2D eigenvalue weighted by molar-refractivity contribution is 6.30. The predicted molar refractivity (Wildman–Crippen MR) is 70.4 cm³/mol. The van der Waals surface area contributed by atoms with E-state index in [0.29, 0.717) is 17.2 Å². The van der Waals surface area contributed by atoms with Gasteiger partial charge in [0, 0.05) is 5.02 Å². The summed E-state index contributed by atoms with van der Waals surface area (Å²) in [5.74, 6) is -0.286. The van der Waals surface area contributed by atoms with Crippen molar-refractivity contribution in [2.75, 3.05) is 6.61 Å².